The Morgan fingerprint density at radius 2 is 2.00 bits per heavy atom. The topological polar surface area (TPSA) is 12.0 Å². The second-order valence-electron chi connectivity index (χ2n) is 6.03. The third-order valence-electron chi connectivity index (χ3n) is 3.94. The molecule has 1 N–H and O–H groups in total. The Kier molecular flexibility index (Phi) is 5.11. The second kappa shape index (κ2) is 5.89. The van der Waals surface area contributed by atoms with Crippen LogP contribution in [-0.4, -0.2) is 13.6 Å². The number of rotatable bonds is 7. The van der Waals surface area contributed by atoms with E-state index in [1.54, 1.807) is 0 Å². The lowest BCUT2D eigenvalue weighted by Crippen LogP contribution is -2.44. The van der Waals surface area contributed by atoms with Crippen LogP contribution in [0.5, 0.6) is 0 Å². The summed E-state index contributed by atoms with van der Waals surface area (Å²) in [6, 6.07) is 0. The maximum absolute atomic E-state index is 3.40. The Morgan fingerprint density at radius 1 is 1.33 bits per heavy atom. The third-order valence-corrected chi connectivity index (χ3v) is 3.94. The van der Waals surface area contributed by atoms with Gasteiger partial charge in [-0.1, -0.05) is 40.0 Å². The summed E-state index contributed by atoms with van der Waals surface area (Å²) >= 11 is 0. The first kappa shape index (κ1) is 13.0. The molecule has 0 aromatic rings. The zero-order chi connectivity index (χ0) is 11.3. The molecule has 0 heterocycles. The highest BCUT2D eigenvalue weighted by atomic mass is 14.8. The van der Waals surface area contributed by atoms with Crippen LogP contribution in [-0.2, 0) is 0 Å². The van der Waals surface area contributed by atoms with E-state index in [2.05, 4.69) is 33.1 Å². The highest BCUT2D eigenvalue weighted by Gasteiger charge is 2.42. The predicted molar refractivity (Wildman–Crippen MR) is 68.1 cm³/mol. The lowest BCUT2D eigenvalue weighted by atomic mass is 9.58. The van der Waals surface area contributed by atoms with Crippen LogP contribution in [0.2, 0.25) is 0 Å². The fourth-order valence-corrected chi connectivity index (χ4v) is 3.18. The Hall–Kier alpha value is -0.0400. The van der Waals surface area contributed by atoms with Gasteiger partial charge < -0.3 is 5.32 Å². The lowest BCUT2D eigenvalue weighted by molar-refractivity contribution is 0.0357. The molecule has 0 unspecified atom stereocenters. The predicted octanol–water partition coefficient (Wildman–Crippen LogP) is 3.84. The van der Waals surface area contributed by atoms with E-state index >= 15 is 0 Å². The summed E-state index contributed by atoms with van der Waals surface area (Å²) in [6.45, 7) is 8.23. The summed E-state index contributed by atoms with van der Waals surface area (Å²) in [5.74, 6) is 1.90. The van der Waals surface area contributed by atoms with Gasteiger partial charge in [-0.25, -0.2) is 0 Å². The highest BCUT2D eigenvalue weighted by Crippen LogP contribution is 2.50. The van der Waals surface area contributed by atoms with Gasteiger partial charge in [-0.05, 0) is 43.6 Å². The van der Waals surface area contributed by atoms with Crippen LogP contribution in [0.25, 0.3) is 0 Å². The van der Waals surface area contributed by atoms with Crippen molar-refractivity contribution in [1.82, 2.24) is 5.32 Å². The Labute approximate surface area is 96.0 Å². The third kappa shape index (κ3) is 3.79. The molecule has 0 aliphatic heterocycles. The molecular weight excluding hydrogens is 182 g/mol. The summed E-state index contributed by atoms with van der Waals surface area (Å²) in [5, 5.41) is 3.40. The maximum atomic E-state index is 3.40. The largest absolute Gasteiger partial charge is 0.319 e. The highest BCUT2D eigenvalue weighted by molar-refractivity contribution is 4.94. The molecule has 1 nitrogen and oxygen atoms in total. The first-order valence-corrected chi connectivity index (χ1v) is 6.76. The molecule has 0 radical (unpaired) electrons. The van der Waals surface area contributed by atoms with Gasteiger partial charge in [-0.2, -0.15) is 0 Å². The van der Waals surface area contributed by atoms with Crippen molar-refractivity contribution in [2.75, 3.05) is 13.6 Å². The quantitative estimate of drug-likeness (QED) is 0.674. The van der Waals surface area contributed by atoms with Gasteiger partial charge in [0.05, 0.1) is 0 Å². The van der Waals surface area contributed by atoms with Crippen LogP contribution >= 0.6 is 0 Å². The molecule has 0 aromatic heterocycles. The lowest BCUT2D eigenvalue weighted by Gasteiger charge is -2.49. The average molecular weight is 211 g/mol. The second-order valence-corrected chi connectivity index (χ2v) is 6.03. The van der Waals surface area contributed by atoms with Crippen molar-refractivity contribution in [3.05, 3.63) is 0 Å². The van der Waals surface area contributed by atoms with Crippen LogP contribution in [0.15, 0.2) is 0 Å². The van der Waals surface area contributed by atoms with Crippen LogP contribution in [0.4, 0.5) is 0 Å². The van der Waals surface area contributed by atoms with Crippen LogP contribution in [0.3, 0.4) is 0 Å². The first-order valence-electron chi connectivity index (χ1n) is 6.76. The van der Waals surface area contributed by atoms with Gasteiger partial charge in [-0.15, -0.1) is 0 Å². The summed E-state index contributed by atoms with van der Waals surface area (Å²) in [4.78, 5) is 0. The Morgan fingerprint density at radius 3 is 2.47 bits per heavy atom. The molecule has 0 spiro atoms. The first-order chi connectivity index (χ1) is 7.12. The molecule has 1 aliphatic carbocycles. The molecule has 0 saturated heterocycles. The molecule has 1 heteroatoms. The molecule has 90 valence electrons. The molecule has 1 saturated carbocycles. The molecule has 1 fully saturated rings. The van der Waals surface area contributed by atoms with Crippen molar-refractivity contribution in [3.8, 4) is 0 Å². The van der Waals surface area contributed by atoms with E-state index in [0.717, 1.165) is 11.8 Å². The number of hydrogen-bond acceptors (Lipinski definition) is 1. The SMILES string of the molecule is CCCC1CC(CCC(C)C)(CNC)C1. The van der Waals surface area contributed by atoms with E-state index < -0.39 is 0 Å². The van der Waals surface area contributed by atoms with Gasteiger partial charge in [0.15, 0.2) is 0 Å². The Bertz CT molecular complexity index is 168. The van der Waals surface area contributed by atoms with Gasteiger partial charge in [0.1, 0.15) is 0 Å². The number of hydrogen-bond donors (Lipinski definition) is 1. The van der Waals surface area contributed by atoms with Gasteiger partial charge in [0.2, 0.25) is 0 Å². The van der Waals surface area contributed by atoms with E-state index in [1.165, 1.54) is 45.1 Å². The Balaban J connectivity index is 2.31. The molecule has 0 amide bonds. The van der Waals surface area contributed by atoms with Crippen LogP contribution in [0.1, 0.15) is 59.3 Å². The van der Waals surface area contributed by atoms with Gasteiger partial charge in [0, 0.05) is 6.54 Å². The van der Waals surface area contributed by atoms with Gasteiger partial charge >= 0.3 is 0 Å². The molecule has 1 rings (SSSR count). The van der Waals surface area contributed by atoms with E-state index in [9.17, 15) is 0 Å². The smallest absolute Gasteiger partial charge is 0.000501 e. The van der Waals surface area contributed by atoms with Crippen molar-refractivity contribution in [2.45, 2.75) is 59.3 Å². The van der Waals surface area contributed by atoms with E-state index in [1.807, 2.05) is 0 Å². The van der Waals surface area contributed by atoms with E-state index in [0.29, 0.717) is 5.41 Å². The average Bonchev–Trinajstić information content (AvgIpc) is 2.12. The standard InChI is InChI=1S/C14H29N/c1-5-6-13-9-14(10-13,11-15-4)8-7-12(2)3/h12-13,15H,5-11H2,1-4H3. The molecule has 1 aliphatic rings. The zero-order valence-corrected chi connectivity index (χ0v) is 11.1. The summed E-state index contributed by atoms with van der Waals surface area (Å²) in [5.41, 5.74) is 0.666. The van der Waals surface area contributed by atoms with Crippen molar-refractivity contribution >= 4 is 0 Å². The van der Waals surface area contributed by atoms with Gasteiger partial charge in [-0.3, -0.25) is 0 Å². The minimum absolute atomic E-state index is 0.666. The fraction of sp³-hybridized carbons (Fsp3) is 1.00. The molecule has 0 aromatic carbocycles. The normalized spacial score (nSPS) is 30.6. The molecule has 0 atom stereocenters. The van der Waals surface area contributed by atoms with Crippen LogP contribution < -0.4 is 5.32 Å². The van der Waals surface area contributed by atoms with Crippen molar-refractivity contribution < 1.29 is 0 Å². The summed E-state index contributed by atoms with van der Waals surface area (Å²) < 4.78 is 0. The minimum atomic E-state index is 0.666. The zero-order valence-electron chi connectivity index (χ0n) is 11.1. The van der Waals surface area contributed by atoms with E-state index in [-0.39, 0.29) is 0 Å². The van der Waals surface area contributed by atoms with Crippen molar-refractivity contribution in [1.29, 1.82) is 0 Å². The van der Waals surface area contributed by atoms with Crippen LogP contribution in [0, 0.1) is 17.3 Å². The summed E-state index contributed by atoms with van der Waals surface area (Å²) in [6.07, 6.45) is 8.62. The van der Waals surface area contributed by atoms with Gasteiger partial charge in [0.25, 0.3) is 0 Å². The monoisotopic (exact) mass is 211 g/mol. The van der Waals surface area contributed by atoms with E-state index in [4.69, 9.17) is 0 Å². The molecule has 15 heavy (non-hydrogen) atoms. The van der Waals surface area contributed by atoms with Crippen molar-refractivity contribution in [3.63, 3.8) is 0 Å². The minimum Gasteiger partial charge on any atom is -0.319 e. The fourth-order valence-electron chi connectivity index (χ4n) is 3.18. The molecule has 0 bridgehead atoms. The molecular formula is C14H29N. The maximum Gasteiger partial charge on any atom is 0.000501 e. The summed E-state index contributed by atoms with van der Waals surface area (Å²) in [7, 11) is 2.10. The van der Waals surface area contributed by atoms with Crippen molar-refractivity contribution in [2.24, 2.45) is 17.3 Å². The number of nitrogens with one attached hydrogen (secondary N) is 1.